The van der Waals surface area contributed by atoms with Gasteiger partial charge in [0.05, 0.1) is 12.9 Å². The molecule has 1 N–H and O–H groups in total. The fourth-order valence-corrected chi connectivity index (χ4v) is 3.19. The van der Waals surface area contributed by atoms with Crippen molar-refractivity contribution in [1.29, 1.82) is 0 Å². The van der Waals surface area contributed by atoms with Crippen molar-refractivity contribution in [3.05, 3.63) is 64.7 Å². The molecule has 0 spiro atoms. The van der Waals surface area contributed by atoms with Crippen LogP contribution < -0.4 is 10.1 Å². The Morgan fingerprint density at radius 2 is 1.96 bits per heavy atom. The number of hydrogen-bond donors (Lipinski definition) is 1. The van der Waals surface area contributed by atoms with Crippen LogP contribution in [0.3, 0.4) is 0 Å². The summed E-state index contributed by atoms with van der Waals surface area (Å²) in [5.41, 5.74) is 2.40. The average molecular weight is 364 g/mol. The summed E-state index contributed by atoms with van der Waals surface area (Å²) in [6.07, 6.45) is 1.84. The minimum Gasteiger partial charge on any atom is -0.497 e. The van der Waals surface area contributed by atoms with Crippen LogP contribution in [0.4, 0.5) is 0 Å². The van der Waals surface area contributed by atoms with Crippen LogP contribution in [0.1, 0.15) is 17.5 Å². The number of benzene rings is 2. The van der Waals surface area contributed by atoms with Crippen molar-refractivity contribution in [2.24, 2.45) is 0 Å². The van der Waals surface area contributed by atoms with E-state index < -0.39 is 0 Å². The first-order valence-corrected chi connectivity index (χ1v) is 9.42. The summed E-state index contributed by atoms with van der Waals surface area (Å²) >= 11 is 7.46. The van der Waals surface area contributed by atoms with E-state index in [2.05, 4.69) is 11.4 Å². The van der Waals surface area contributed by atoms with Crippen LogP contribution in [0.5, 0.6) is 5.75 Å². The number of thioether (sulfide) groups is 1. The highest BCUT2D eigenvalue weighted by molar-refractivity contribution is 7.99. The molecular weight excluding hydrogens is 342 g/mol. The molecule has 2 aromatic carbocycles. The summed E-state index contributed by atoms with van der Waals surface area (Å²) in [6.45, 7) is 0.692. The average Bonchev–Trinajstić information content (AvgIpc) is 2.61. The Hall–Kier alpha value is -1.65. The lowest BCUT2D eigenvalue weighted by atomic mass is 10.1. The molecule has 0 saturated carbocycles. The number of methoxy groups -OCH3 is 1. The van der Waals surface area contributed by atoms with Gasteiger partial charge < -0.3 is 10.1 Å². The lowest BCUT2D eigenvalue weighted by Crippen LogP contribution is -2.26. The maximum atomic E-state index is 11.8. The van der Waals surface area contributed by atoms with Gasteiger partial charge in [-0.2, -0.15) is 0 Å². The number of ether oxygens (including phenoxy) is 1. The van der Waals surface area contributed by atoms with Crippen molar-refractivity contribution in [3.8, 4) is 5.75 Å². The standard InChI is InChI=1S/C19H22ClNO2S/c1-23-18-6-2-4-15(12-18)5-3-11-21-19(22)14-24-13-16-7-9-17(20)10-8-16/h2,4,6-10,12H,3,5,11,13-14H2,1H3,(H,21,22). The lowest BCUT2D eigenvalue weighted by Gasteiger charge is -2.07. The van der Waals surface area contributed by atoms with E-state index in [4.69, 9.17) is 16.3 Å². The molecule has 128 valence electrons. The van der Waals surface area contributed by atoms with Gasteiger partial charge in [-0.1, -0.05) is 35.9 Å². The zero-order valence-corrected chi connectivity index (χ0v) is 15.3. The van der Waals surface area contributed by atoms with Crippen molar-refractivity contribution in [2.45, 2.75) is 18.6 Å². The molecule has 0 aromatic heterocycles. The molecule has 0 unspecified atom stereocenters. The van der Waals surface area contributed by atoms with Gasteiger partial charge in [-0.3, -0.25) is 4.79 Å². The van der Waals surface area contributed by atoms with Crippen molar-refractivity contribution in [3.63, 3.8) is 0 Å². The van der Waals surface area contributed by atoms with Crippen LogP contribution in [0.2, 0.25) is 5.02 Å². The van der Waals surface area contributed by atoms with Gasteiger partial charge in [-0.05, 0) is 48.2 Å². The molecule has 0 heterocycles. The number of halogens is 1. The quantitative estimate of drug-likeness (QED) is 0.674. The number of nitrogens with one attached hydrogen (secondary N) is 1. The second kappa shape index (κ2) is 10.3. The van der Waals surface area contributed by atoms with Gasteiger partial charge in [-0.15, -0.1) is 11.8 Å². The van der Waals surface area contributed by atoms with E-state index in [0.29, 0.717) is 12.3 Å². The number of carbonyl (C=O) groups excluding carboxylic acids is 1. The highest BCUT2D eigenvalue weighted by atomic mass is 35.5. The first kappa shape index (κ1) is 18.7. The lowest BCUT2D eigenvalue weighted by molar-refractivity contribution is -0.118. The highest BCUT2D eigenvalue weighted by Crippen LogP contribution is 2.15. The molecule has 0 aliphatic heterocycles. The normalized spacial score (nSPS) is 10.4. The Balaban J connectivity index is 1.58. The van der Waals surface area contributed by atoms with E-state index in [1.54, 1.807) is 18.9 Å². The molecule has 3 nitrogen and oxygen atoms in total. The van der Waals surface area contributed by atoms with Crippen molar-refractivity contribution < 1.29 is 9.53 Å². The Morgan fingerprint density at radius 3 is 2.71 bits per heavy atom. The minimum absolute atomic E-state index is 0.0830. The maximum absolute atomic E-state index is 11.8. The third kappa shape index (κ3) is 6.85. The highest BCUT2D eigenvalue weighted by Gasteiger charge is 2.02. The van der Waals surface area contributed by atoms with E-state index in [9.17, 15) is 4.79 Å². The Morgan fingerprint density at radius 1 is 1.17 bits per heavy atom. The van der Waals surface area contributed by atoms with E-state index in [-0.39, 0.29) is 5.91 Å². The SMILES string of the molecule is COc1cccc(CCCNC(=O)CSCc2ccc(Cl)cc2)c1. The molecular formula is C19H22ClNO2S. The van der Waals surface area contributed by atoms with Gasteiger partial charge in [0.1, 0.15) is 5.75 Å². The third-order valence-corrected chi connectivity index (χ3v) is 4.77. The van der Waals surface area contributed by atoms with Gasteiger partial charge in [0.25, 0.3) is 0 Å². The molecule has 5 heteroatoms. The zero-order valence-electron chi connectivity index (χ0n) is 13.8. The summed E-state index contributed by atoms with van der Waals surface area (Å²) in [6, 6.07) is 15.7. The summed E-state index contributed by atoms with van der Waals surface area (Å²) < 4.78 is 5.21. The number of hydrogen-bond acceptors (Lipinski definition) is 3. The molecule has 0 saturated heterocycles. The summed E-state index contributed by atoms with van der Waals surface area (Å²) in [4.78, 5) is 11.8. The number of carbonyl (C=O) groups is 1. The molecule has 2 rings (SSSR count). The molecule has 0 atom stereocenters. The predicted octanol–water partition coefficient (Wildman–Crippen LogP) is 4.33. The molecule has 1 amide bonds. The Kier molecular flexibility index (Phi) is 7.99. The smallest absolute Gasteiger partial charge is 0.230 e. The van der Waals surface area contributed by atoms with Crippen LogP contribution in [0, 0.1) is 0 Å². The van der Waals surface area contributed by atoms with Crippen LogP contribution >= 0.6 is 23.4 Å². The second-order valence-electron chi connectivity index (χ2n) is 5.42. The topological polar surface area (TPSA) is 38.3 Å². The fourth-order valence-electron chi connectivity index (χ4n) is 2.24. The molecule has 0 radical (unpaired) electrons. The van der Waals surface area contributed by atoms with Crippen molar-refractivity contribution in [1.82, 2.24) is 5.32 Å². The molecule has 24 heavy (non-hydrogen) atoms. The van der Waals surface area contributed by atoms with Gasteiger partial charge >= 0.3 is 0 Å². The molecule has 0 aliphatic rings. The van der Waals surface area contributed by atoms with Gasteiger partial charge in [0.15, 0.2) is 0 Å². The predicted molar refractivity (Wildman–Crippen MR) is 102 cm³/mol. The minimum atomic E-state index is 0.0830. The van der Waals surface area contributed by atoms with Crippen LogP contribution in [0.15, 0.2) is 48.5 Å². The molecule has 2 aromatic rings. The fraction of sp³-hybridized carbons (Fsp3) is 0.316. The first-order valence-electron chi connectivity index (χ1n) is 7.89. The number of rotatable bonds is 9. The van der Waals surface area contributed by atoms with Crippen LogP contribution in [0.25, 0.3) is 0 Å². The Bertz CT molecular complexity index is 646. The van der Waals surface area contributed by atoms with Gasteiger partial charge in [0.2, 0.25) is 5.91 Å². The second-order valence-corrected chi connectivity index (χ2v) is 6.85. The van der Waals surface area contributed by atoms with E-state index in [1.165, 1.54) is 11.1 Å². The number of amides is 1. The van der Waals surface area contributed by atoms with E-state index in [1.807, 2.05) is 42.5 Å². The van der Waals surface area contributed by atoms with Gasteiger partial charge in [-0.25, -0.2) is 0 Å². The molecule has 0 fully saturated rings. The molecule has 0 aliphatic carbocycles. The zero-order chi connectivity index (χ0) is 17.2. The van der Waals surface area contributed by atoms with Crippen LogP contribution in [-0.4, -0.2) is 25.3 Å². The van der Waals surface area contributed by atoms with Gasteiger partial charge in [0, 0.05) is 17.3 Å². The summed E-state index contributed by atoms with van der Waals surface area (Å²) in [5.74, 6) is 2.24. The third-order valence-electron chi connectivity index (χ3n) is 3.51. The molecule has 0 bridgehead atoms. The largest absolute Gasteiger partial charge is 0.497 e. The summed E-state index contributed by atoms with van der Waals surface area (Å²) in [7, 11) is 1.67. The summed E-state index contributed by atoms with van der Waals surface area (Å²) in [5, 5.41) is 3.70. The first-order chi connectivity index (χ1) is 11.7. The van der Waals surface area contributed by atoms with E-state index >= 15 is 0 Å². The maximum Gasteiger partial charge on any atom is 0.230 e. The Labute approximate surface area is 152 Å². The monoisotopic (exact) mass is 363 g/mol. The van der Waals surface area contributed by atoms with Crippen molar-refractivity contribution in [2.75, 3.05) is 19.4 Å². The number of aryl methyl sites for hydroxylation is 1. The van der Waals surface area contributed by atoms with E-state index in [0.717, 1.165) is 29.4 Å². The van der Waals surface area contributed by atoms with Crippen molar-refractivity contribution >= 4 is 29.3 Å². The van der Waals surface area contributed by atoms with Crippen LogP contribution in [-0.2, 0) is 17.0 Å².